The number of esters is 1. The molecular weight excluding hydrogens is 440 g/mol. The average molecular weight is 469 g/mol. The number of ether oxygens (including phenoxy) is 2. The van der Waals surface area contributed by atoms with Crippen molar-refractivity contribution in [2.45, 2.75) is 51.6 Å². The number of thioether (sulfide) groups is 1. The van der Waals surface area contributed by atoms with Crippen LogP contribution in [0.25, 0.3) is 0 Å². The van der Waals surface area contributed by atoms with Crippen LogP contribution in [-0.4, -0.2) is 38.5 Å². The van der Waals surface area contributed by atoms with Gasteiger partial charge >= 0.3 is 5.97 Å². The summed E-state index contributed by atoms with van der Waals surface area (Å²) in [6.07, 6.45) is -0.509. The van der Waals surface area contributed by atoms with Crippen molar-refractivity contribution < 1.29 is 19.1 Å². The fourth-order valence-electron chi connectivity index (χ4n) is 3.09. The molecule has 0 fully saturated rings. The first kappa shape index (κ1) is 24.3. The number of rotatable bonds is 10. The number of hydrogen-bond donors (Lipinski definition) is 1. The van der Waals surface area contributed by atoms with Gasteiger partial charge in [-0.25, -0.2) is 4.79 Å². The summed E-state index contributed by atoms with van der Waals surface area (Å²) in [5.41, 5.74) is 0.915. The van der Waals surface area contributed by atoms with Gasteiger partial charge in [0.1, 0.15) is 5.75 Å². The highest BCUT2D eigenvalue weighted by Gasteiger charge is 2.19. The van der Waals surface area contributed by atoms with Crippen LogP contribution >= 0.6 is 11.8 Å². The molecular formula is C24H28N4O4S. The Morgan fingerprint density at radius 2 is 1.82 bits per heavy atom. The lowest BCUT2D eigenvalue weighted by atomic mass is 10.2. The lowest BCUT2D eigenvalue weighted by Crippen LogP contribution is -2.16. The van der Waals surface area contributed by atoms with Gasteiger partial charge in [0.2, 0.25) is 5.91 Å². The van der Waals surface area contributed by atoms with Crippen LogP contribution in [0.3, 0.4) is 0 Å². The lowest BCUT2D eigenvalue weighted by Gasteiger charge is -2.15. The Morgan fingerprint density at radius 1 is 1.06 bits per heavy atom. The Morgan fingerprint density at radius 3 is 2.52 bits per heavy atom. The Balaban J connectivity index is 1.60. The van der Waals surface area contributed by atoms with Crippen molar-refractivity contribution in [1.29, 1.82) is 0 Å². The smallest absolute Gasteiger partial charge is 0.338 e. The third-order valence-electron chi connectivity index (χ3n) is 4.54. The van der Waals surface area contributed by atoms with E-state index >= 15 is 0 Å². The zero-order valence-corrected chi connectivity index (χ0v) is 20.0. The summed E-state index contributed by atoms with van der Waals surface area (Å²) in [5, 5.41) is 12.0. The molecule has 0 bridgehead atoms. The topological polar surface area (TPSA) is 95.3 Å². The fourth-order valence-corrected chi connectivity index (χ4v) is 3.90. The minimum atomic E-state index is -0.425. The molecule has 1 atom stereocenters. The quantitative estimate of drug-likeness (QED) is 0.339. The molecule has 1 N–H and O–H groups in total. The van der Waals surface area contributed by atoms with Gasteiger partial charge in [-0.05, 0) is 58.0 Å². The maximum Gasteiger partial charge on any atom is 0.338 e. The second-order valence-corrected chi connectivity index (χ2v) is 8.47. The number of carbonyl (C=O) groups excluding carboxylic acids is 2. The molecule has 9 heteroatoms. The average Bonchev–Trinajstić information content (AvgIpc) is 3.21. The molecule has 3 rings (SSSR count). The number of nitrogens with zero attached hydrogens (tertiary/aromatic N) is 3. The Labute approximate surface area is 197 Å². The monoisotopic (exact) mass is 468 g/mol. The van der Waals surface area contributed by atoms with E-state index in [1.165, 1.54) is 11.8 Å². The highest BCUT2D eigenvalue weighted by Crippen LogP contribution is 2.24. The molecule has 0 radical (unpaired) electrons. The largest absolute Gasteiger partial charge is 0.483 e. The van der Waals surface area contributed by atoms with Crippen molar-refractivity contribution >= 4 is 29.3 Å². The van der Waals surface area contributed by atoms with Gasteiger partial charge in [0, 0.05) is 12.2 Å². The maximum absolute atomic E-state index is 12.5. The minimum Gasteiger partial charge on any atom is -0.483 e. The summed E-state index contributed by atoms with van der Waals surface area (Å²) in [6.45, 7) is 8.13. The highest BCUT2D eigenvalue weighted by molar-refractivity contribution is 7.99. The Bertz CT molecular complexity index is 1090. The first-order valence-corrected chi connectivity index (χ1v) is 11.7. The summed E-state index contributed by atoms with van der Waals surface area (Å²) < 4.78 is 13.1. The molecule has 174 valence electrons. The number of hydrogen-bond acceptors (Lipinski definition) is 7. The molecule has 0 saturated heterocycles. The number of amides is 1. The summed E-state index contributed by atoms with van der Waals surface area (Å²) in [5.74, 6) is 0.956. The first-order chi connectivity index (χ1) is 15.9. The molecule has 0 aliphatic carbocycles. The minimum absolute atomic E-state index is 0.146. The van der Waals surface area contributed by atoms with Crippen molar-refractivity contribution in [3.05, 3.63) is 66.0 Å². The van der Waals surface area contributed by atoms with Crippen LogP contribution < -0.4 is 10.1 Å². The van der Waals surface area contributed by atoms with Crippen molar-refractivity contribution in [2.24, 2.45) is 0 Å². The zero-order chi connectivity index (χ0) is 23.8. The SMILES string of the molecule is CCn1c(SCC(=O)Nc2cccc(C(=O)OC(C)C)c2)nnc1[C@@H](C)Oc1ccccc1. The van der Waals surface area contributed by atoms with Gasteiger partial charge in [-0.15, -0.1) is 10.2 Å². The van der Waals surface area contributed by atoms with E-state index in [1.807, 2.05) is 48.7 Å². The summed E-state index contributed by atoms with van der Waals surface area (Å²) in [6, 6.07) is 16.2. The standard InChI is InChI=1S/C24H28N4O4S/c1-5-28-22(17(4)32-20-12-7-6-8-13-20)26-27-24(28)33-15-21(29)25-19-11-9-10-18(14-19)23(30)31-16(2)3/h6-14,16-17H,5,15H2,1-4H3,(H,25,29)/t17-/m1/s1. The van der Waals surface area contributed by atoms with Gasteiger partial charge in [0.05, 0.1) is 17.4 Å². The van der Waals surface area contributed by atoms with E-state index in [4.69, 9.17) is 9.47 Å². The van der Waals surface area contributed by atoms with Gasteiger partial charge in [-0.1, -0.05) is 36.0 Å². The molecule has 0 saturated carbocycles. The van der Waals surface area contributed by atoms with Crippen LogP contribution in [0.15, 0.2) is 59.8 Å². The Kier molecular flexibility index (Phi) is 8.48. The lowest BCUT2D eigenvalue weighted by molar-refractivity contribution is -0.113. The van der Waals surface area contributed by atoms with E-state index in [1.54, 1.807) is 38.1 Å². The normalized spacial score (nSPS) is 11.8. The third-order valence-corrected chi connectivity index (χ3v) is 5.51. The highest BCUT2D eigenvalue weighted by atomic mass is 32.2. The molecule has 8 nitrogen and oxygen atoms in total. The van der Waals surface area contributed by atoms with Gasteiger partial charge in [0.25, 0.3) is 0 Å². The van der Waals surface area contributed by atoms with E-state index in [0.717, 1.165) is 5.75 Å². The van der Waals surface area contributed by atoms with Crippen LogP contribution in [0.4, 0.5) is 5.69 Å². The number of carbonyl (C=O) groups is 2. The number of benzene rings is 2. The van der Waals surface area contributed by atoms with E-state index in [2.05, 4.69) is 15.5 Å². The zero-order valence-electron chi connectivity index (χ0n) is 19.1. The molecule has 2 aromatic carbocycles. The van der Waals surface area contributed by atoms with Crippen molar-refractivity contribution in [3.8, 4) is 5.75 Å². The van der Waals surface area contributed by atoms with Gasteiger partial charge in [-0.2, -0.15) is 0 Å². The molecule has 33 heavy (non-hydrogen) atoms. The summed E-state index contributed by atoms with van der Waals surface area (Å²) in [7, 11) is 0. The number of para-hydroxylation sites is 1. The Hall–Kier alpha value is -3.33. The van der Waals surface area contributed by atoms with E-state index in [-0.39, 0.29) is 23.9 Å². The summed E-state index contributed by atoms with van der Waals surface area (Å²) in [4.78, 5) is 24.6. The number of anilines is 1. The van der Waals surface area contributed by atoms with Gasteiger partial charge < -0.3 is 19.4 Å². The molecule has 0 spiro atoms. The maximum atomic E-state index is 12.5. The van der Waals surface area contributed by atoms with E-state index < -0.39 is 5.97 Å². The molecule has 3 aromatic rings. The molecule has 1 aromatic heterocycles. The third kappa shape index (κ3) is 6.82. The fraction of sp³-hybridized carbons (Fsp3) is 0.333. The second-order valence-electron chi connectivity index (χ2n) is 7.53. The molecule has 0 unspecified atom stereocenters. The van der Waals surface area contributed by atoms with Crippen molar-refractivity contribution in [2.75, 3.05) is 11.1 Å². The molecule has 1 heterocycles. The van der Waals surface area contributed by atoms with E-state index in [0.29, 0.717) is 28.8 Å². The van der Waals surface area contributed by atoms with Crippen LogP contribution in [0, 0.1) is 0 Å². The van der Waals surface area contributed by atoms with Crippen LogP contribution in [-0.2, 0) is 16.1 Å². The van der Waals surface area contributed by atoms with Gasteiger partial charge in [-0.3, -0.25) is 4.79 Å². The van der Waals surface area contributed by atoms with E-state index in [9.17, 15) is 9.59 Å². The second kappa shape index (κ2) is 11.5. The molecule has 0 aliphatic rings. The van der Waals surface area contributed by atoms with Gasteiger partial charge in [0.15, 0.2) is 17.1 Å². The predicted octanol–water partition coefficient (Wildman–Crippen LogP) is 4.73. The van der Waals surface area contributed by atoms with Crippen LogP contribution in [0.2, 0.25) is 0 Å². The first-order valence-electron chi connectivity index (χ1n) is 10.8. The molecule has 1 amide bonds. The molecule has 0 aliphatic heterocycles. The van der Waals surface area contributed by atoms with Crippen molar-refractivity contribution in [3.63, 3.8) is 0 Å². The number of aromatic nitrogens is 3. The number of nitrogens with one attached hydrogen (secondary N) is 1. The predicted molar refractivity (Wildman–Crippen MR) is 128 cm³/mol. The van der Waals surface area contributed by atoms with Crippen molar-refractivity contribution in [1.82, 2.24) is 14.8 Å². The van der Waals surface area contributed by atoms with Crippen LogP contribution in [0.1, 0.15) is 50.0 Å². The van der Waals surface area contributed by atoms with Crippen LogP contribution in [0.5, 0.6) is 5.75 Å². The summed E-state index contributed by atoms with van der Waals surface area (Å²) >= 11 is 1.29.